The van der Waals surface area contributed by atoms with Gasteiger partial charge in [-0.1, -0.05) is 0 Å². The van der Waals surface area contributed by atoms with E-state index in [1.165, 1.54) is 25.0 Å². The molecule has 0 aliphatic carbocycles. The lowest BCUT2D eigenvalue weighted by Crippen LogP contribution is -2.40. The minimum Gasteiger partial charge on any atom is -0.350 e. The second kappa shape index (κ2) is 6.15. The van der Waals surface area contributed by atoms with Crippen molar-refractivity contribution in [3.63, 3.8) is 0 Å². The van der Waals surface area contributed by atoms with E-state index in [-0.39, 0.29) is 11.7 Å². The van der Waals surface area contributed by atoms with Gasteiger partial charge in [-0.3, -0.25) is 9.69 Å². The van der Waals surface area contributed by atoms with E-state index in [2.05, 4.69) is 17.1 Å². The van der Waals surface area contributed by atoms with Gasteiger partial charge in [0.1, 0.15) is 5.82 Å². The fourth-order valence-electron chi connectivity index (χ4n) is 2.44. The molecule has 1 aromatic carbocycles. The summed E-state index contributed by atoms with van der Waals surface area (Å²) in [4.78, 5) is 14.4. The van der Waals surface area contributed by atoms with Gasteiger partial charge in [-0.15, -0.1) is 0 Å². The molecule has 4 heteroatoms. The predicted octanol–water partition coefficient (Wildman–Crippen LogP) is 2.35. The Hall–Kier alpha value is -1.42. The summed E-state index contributed by atoms with van der Waals surface area (Å²) in [5, 5.41) is 2.92. The molecule has 104 valence electrons. The SMILES string of the molecule is Cc1cc(C(=O)NCC(C)N2CCCC2)ccc1F. The van der Waals surface area contributed by atoms with Crippen molar-refractivity contribution in [2.75, 3.05) is 19.6 Å². The van der Waals surface area contributed by atoms with Gasteiger partial charge in [0.05, 0.1) is 0 Å². The molecule has 2 rings (SSSR count). The van der Waals surface area contributed by atoms with E-state index in [4.69, 9.17) is 0 Å². The maximum Gasteiger partial charge on any atom is 0.251 e. The highest BCUT2D eigenvalue weighted by Gasteiger charge is 2.18. The van der Waals surface area contributed by atoms with Crippen molar-refractivity contribution in [1.29, 1.82) is 0 Å². The van der Waals surface area contributed by atoms with E-state index in [0.29, 0.717) is 23.7 Å². The number of aryl methyl sites for hydroxylation is 1. The number of carbonyl (C=O) groups excluding carboxylic acids is 1. The van der Waals surface area contributed by atoms with Crippen molar-refractivity contribution >= 4 is 5.91 Å². The highest BCUT2D eigenvalue weighted by Crippen LogP contribution is 2.12. The first-order valence-corrected chi connectivity index (χ1v) is 6.86. The molecule has 0 spiro atoms. The smallest absolute Gasteiger partial charge is 0.251 e. The average molecular weight is 264 g/mol. The van der Waals surface area contributed by atoms with Gasteiger partial charge in [0.2, 0.25) is 0 Å². The van der Waals surface area contributed by atoms with Crippen LogP contribution in [0.5, 0.6) is 0 Å². The third kappa shape index (κ3) is 3.53. The van der Waals surface area contributed by atoms with E-state index in [9.17, 15) is 9.18 Å². The standard InChI is InChI=1S/C15H21FN2O/c1-11-9-13(5-6-14(11)16)15(19)17-10-12(2)18-7-3-4-8-18/h5-6,9,12H,3-4,7-8,10H2,1-2H3,(H,17,19). The van der Waals surface area contributed by atoms with E-state index < -0.39 is 0 Å². The number of likely N-dealkylation sites (tertiary alicyclic amines) is 1. The lowest BCUT2D eigenvalue weighted by atomic mass is 10.1. The quantitative estimate of drug-likeness (QED) is 0.905. The zero-order valence-corrected chi connectivity index (χ0v) is 11.6. The molecular weight excluding hydrogens is 243 g/mol. The molecule has 19 heavy (non-hydrogen) atoms. The molecule has 1 heterocycles. The third-order valence-electron chi connectivity index (χ3n) is 3.74. The minimum atomic E-state index is -0.276. The number of halogens is 1. The molecule has 1 fully saturated rings. The molecule has 1 aliphatic heterocycles. The van der Waals surface area contributed by atoms with Crippen LogP contribution in [-0.2, 0) is 0 Å². The monoisotopic (exact) mass is 264 g/mol. The Labute approximate surface area is 113 Å². The largest absolute Gasteiger partial charge is 0.350 e. The molecule has 0 saturated carbocycles. The van der Waals surface area contributed by atoms with Gasteiger partial charge in [-0.05, 0) is 63.5 Å². The third-order valence-corrected chi connectivity index (χ3v) is 3.74. The second-order valence-corrected chi connectivity index (χ2v) is 5.27. The summed E-state index contributed by atoms with van der Waals surface area (Å²) in [6.07, 6.45) is 2.49. The number of hydrogen-bond donors (Lipinski definition) is 1. The fraction of sp³-hybridized carbons (Fsp3) is 0.533. The second-order valence-electron chi connectivity index (χ2n) is 5.27. The molecule has 1 N–H and O–H groups in total. The van der Waals surface area contributed by atoms with Crippen molar-refractivity contribution in [3.05, 3.63) is 35.1 Å². The van der Waals surface area contributed by atoms with Crippen molar-refractivity contribution in [1.82, 2.24) is 10.2 Å². The van der Waals surface area contributed by atoms with Crippen LogP contribution in [0.4, 0.5) is 4.39 Å². The van der Waals surface area contributed by atoms with Gasteiger partial charge in [-0.2, -0.15) is 0 Å². The van der Waals surface area contributed by atoms with Gasteiger partial charge in [0, 0.05) is 18.2 Å². The Morgan fingerprint density at radius 3 is 2.74 bits per heavy atom. The fourth-order valence-corrected chi connectivity index (χ4v) is 2.44. The van der Waals surface area contributed by atoms with Crippen LogP contribution in [0.15, 0.2) is 18.2 Å². The van der Waals surface area contributed by atoms with Crippen LogP contribution in [0.3, 0.4) is 0 Å². The summed E-state index contributed by atoms with van der Waals surface area (Å²) < 4.78 is 13.1. The number of amides is 1. The normalized spacial score (nSPS) is 17.4. The minimum absolute atomic E-state index is 0.130. The number of carbonyl (C=O) groups is 1. The molecule has 1 aromatic rings. The summed E-state index contributed by atoms with van der Waals surface area (Å²) in [6, 6.07) is 4.81. The molecule has 0 radical (unpaired) electrons. The first-order chi connectivity index (χ1) is 9.08. The van der Waals surface area contributed by atoms with Crippen LogP contribution >= 0.6 is 0 Å². The summed E-state index contributed by atoms with van der Waals surface area (Å²) in [6.45, 7) is 6.66. The van der Waals surface area contributed by atoms with E-state index in [1.54, 1.807) is 13.0 Å². The Kier molecular flexibility index (Phi) is 4.53. The van der Waals surface area contributed by atoms with Crippen molar-refractivity contribution < 1.29 is 9.18 Å². The van der Waals surface area contributed by atoms with Crippen molar-refractivity contribution in [3.8, 4) is 0 Å². The molecule has 3 nitrogen and oxygen atoms in total. The van der Waals surface area contributed by atoms with Crippen molar-refractivity contribution in [2.45, 2.75) is 32.7 Å². The van der Waals surface area contributed by atoms with E-state index in [0.717, 1.165) is 13.1 Å². The first-order valence-electron chi connectivity index (χ1n) is 6.86. The summed E-state index contributed by atoms with van der Waals surface area (Å²) in [7, 11) is 0. The molecule has 1 saturated heterocycles. The molecule has 0 aromatic heterocycles. The summed E-state index contributed by atoms with van der Waals surface area (Å²) >= 11 is 0. The van der Waals surface area contributed by atoms with Crippen LogP contribution in [0.1, 0.15) is 35.7 Å². The van der Waals surface area contributed by atoms with Gasteiger partial charge in [0.15, 0.2) is 0 Å². The van der Waals surface area contributed by atoms with Crippen molar-refractivity contribution in [2.24, 2.45) is 0 Å². The zero-order chi connectivity index (χ0) is 13.8. The Morgan fingerprint density at radius 1 is 1.42 bits per heavy atom. The van der Waals surface area contributed by atoms with Gasteiger partial charge >= 0.3 is 0 Å². The average Bonchev–Trinajstić information content (AvgIpc) is 2.92. The van der Waals surface area contributed by atoms with Gasteiger partial charge in [-0.25, -0.2) is 4.39 Å². The summed E-state index contributed by atoms with van der Waals surface area (Å²) in [5.74, 6) is -0.406. The molecule has 1 amide bonds. The van der Waals surface area contributed by atoms with E-state index in [1.807, 2.05) is 0 Å². The van der Waals surface area contributed by atoms with Crippen LogP contribution in [0, 0.1) is 12.7 Å². The predicted molar refractivity (Wildman–Crippen MR) is 73.7 cm³/mol. The number of rotatable bonds is 4. The van der Waals surface area contributed by atoms with Gasteiger partial charge in [0.25, 0.3) is 5.91 Å². The van der Waals surface area contributed by atoms with Crippen LogP contribution in [-0.4, -0.2) is 36.5 Å². The van der Waals surface area contributed by atoms with Crippen LogP contribution < -0.4 is 5.32 Å². The molecule has 1 unspecified atom stereocenters. The van der Waals surface area contributed by atoms with Gasteiger partial charge < -0.3 is 5.32 Å². The summed E-state index contributed by atoms with van der Waals surface area (Å²) in [5.41, 5.74) is 1.02. The van der Waals surface area contributed by atoms with Crippen LogP contribution in [0.2, 0.25) is 0 Å². The lowest BCUT2D eigenvalue weighted by molar-refractivity contribution is 0.0940. The maximum absolute atomic E-state index is 13.1. The molecule has 0 bridgehead atoms. The van der Waals surface area contributed by atoms with Crippen LogP contribution in [0.25, 0.3) is 0 Å². The molecule has 1 aliphatic rings. The van der Waals surface area contributed by atoms with E-state index >= 15 is 0 Å². The lowest BCUT2D eigenvalue weighted by Gasteiger charge is -2.23. The zero-order valence-electron chi connectivity index (χ0n) is 11.6. The molecular formula is C15H21FN2O. The first kappa shape index (κ1) is 14.0. The maximum atomic E-state index is 13.1. The highest BCUT2D eigenvalue weighted by atomic mass is 19.1. The number of nitrogens with one attached hydrogen (secondary N) is 1. The Morgan fingerprint density at radius 2 is 2.11 bits per heavy atom. The highest BCUT2D eigenvalue weighted by molar-refractivity contribution is 5.94. The number of hydrogen-bond acceptors (Lipinski definition) is 2. The topological polar surface area (TPSA) is 32.3 Å². The Balaban J connectivity index is 1.88. The number of nitrogens with zero attached hydrogens (tertiary/aromatic N) is 1. The molecule has 1 atom stereocenters. The Bertz CT molecular complexity index is 455. The number of benzene rings is 1.